The maximum Gasteiger partial charge on any atom is 0.317 e. The maximum atomic E-state index is 13.1. The van der Waals surface area contributed by atoms with E-state index in [0.717, 1.165) is 45.3 Å². The second kappa shape index (κ2) is 8.50. The van der Waals surface area contributed by atoms with E-state index in [1.54, 1.807) is 11.3 Å². The molecule has 26 heavy (non-hydrogen) atoms. The van der Waals surface area contributed by atoms with Crippen molar-refractivity contribution in [1.29, 1.82) is 0 Å². The minimum atomic E-state index is -0.785. The van der Waals surface area contributed by atoms with Crippen molar-refractivity contribution in [2.75, 3.05) is 33.2 Å². The smallest absolute Gasteiger partial charge is 0.317 e. The number of nitrogens with zero attached hydrogens (tertiary/aromatic N) is 3. The van der Waals surface area contributed by atoms with Gasteiger partial charge >= 0.3 is 5.97 Å². The van der Waals surface area contributed by atoms with E-state index in [-0.39, 0.29) is 30.6 Å². The van der Waals surface area contributed by atoms with Crippen LogP contribution in [0, 0.1) is 0 Å². The molecule has 0 aliphatic carbocycles. The van der Waals surface area contributed by atoms with Crippen LogP contribution in [-0.4, -0.2) is 77.0 Å². The van der Waals surface area contributed by atoms with Gasteiger partial charge in [0.2, 0.25) is 5.91 Å². The minimum absolute atomic E-state index is 0.0788. The lowest BCUT2D eigenvalue weighted by molar-refractivity contribution is -0.138. The first-order valence-corrected chi connectivity index (χ1v) is 10.4. The molecule has 1 aromatic heterocycles. The van der Waals surface area contributed by atoms with Gasteiger partial charge < -0.3 is 10.0 Å². The van der Waals surface area contributed by atoms with Crippen molar-refractivity contribution in [2.24, 2.45) is 0 Å². The van der Waals surface area contributed by atoms with Gasteiger partial charge in [-0.25, -0.2) is 0 Å². The predicted molar refractivity (Wildman–Crippen MR) is 102 cm³/mol. The molecule has 0 radical (unpaired) electrons. The highest BCUT2D eigenvalue weighted by molar-refractivity contribution is 7.10. The monoisotopic (exact) mass is 379 g/mol. The molecule has 3 rings (SSSR count). The number of carbonyl (C=O) groups excluding carboxylic acids is 1. The molecule has 0 spiro atoms. The van der Waals surface area contributed by atoms with Crippen molar-refractivity contribution in [3.8, 4) is 0 Å². The molecule has 2 saturated heterocycles. The van der Waals surface area contributed by atoms with Crippen LogP contribution in [0.2, 0.25) is 0 Å². The lowest BCUT2D eigenvalue weighted by Crippen LogP contribution is -2.52. The standard InChI is InChI=1S/C19H29N3O3S/c1-14(21-10-7-15(8-11-21)20(2)13-18(23)24)19(25)22-9-3-5-16(22)17-6-4-12-26-17/h4,6,12,14-16H,3,5,7-11,13H2,1-2H3,(H,23,24). The van der Waals surface area contributed by atoms with Gasteiger partial charge in [0, 0.05) is 30.6 Å². The number of carboxylic acid groups (broad SMARTS) is 1. The first kappa shape index (κ1) is 19.3. The van der Waals surface area contributed by atoms with Gasteiger partial charge in [0.1, 0.15) is 0 Å². The van der Waals surface area contributed by atoms with Crippen LogP contribution in [-0.2, 0) is 9.59 Å². The fourth-order valence-electron chi connectivity index (χ4n) is 4.26. The summed E-state index contributed by atoms with van der Waals surface area (Å²) in [5.41, 5.74) is 0. The van der Waals surface area contributed by atoms with Gasteiger partial charge in [0.25, 0.3) is 0 Å². The number of carbonyl (C=O) groups is 2. The van der Waals surface area contributed by atoms with Crippen molar-refractivity contribution >= 4 is 23.2 Å². The Hall–Kier alpha value is -1.44. The predicted octanol–water partition coefficient (Wildman–Crippen LogP) is 2.28. The van der Waals surface area contributed by atoms with E-state index in [1.165, 1.54) is 4.88 Å². The molecule has 0 aromatic carbocycles. The first-order valence-electron chi connectivity index (χ1n) is 9.47. The highest BCUT2D eigenvalue weighted by Gasteiger charge is 2.36. The number of thiophene rings is 1. The summed E-state index contributed by atoms with van der Waals surface area (Å²) in [6.45, 7) is 4.64. The van der Waals surface area contributed by atoms with Crippen molar-refractivity contribution in [1.82, 2.24) is 14.7 Å². The molecule has 2 atom stereocenters. The Morgan fingerprint density at radius 3 is 2.65 bits per heavy atom. The Balaban J connectivity index is 1.55. The Morgan fingerprint density at radius 2 is 2.04 bits per heavy atom. The molecule has 6 nitrogen and oxygen atoms in total. The van der Waals surface area contributed by atoms with Crippen molar-refractivity contribution in [3.05, 3.63) is 22.4 Å². The molecule has 144 valence electrons. The molecular formula is C19H29N3O3S. The summed E-state index contributed by atoms with van der Waals surface area (Å²) in [4.78, 5) is 31.5. The second-order valence-electron chi connectivity index (χ2n) is 7.46. The van der Waals surface area contributed by atoms with Crippen LogP contribution in [0.5, 0.6) is 0 Å². The summed E-state index contributed by atoms with van der Waals surface area (Å²) in [6, 6.07) is 4.61. The van der Waals surface area contributed by atoms with E-state index < -0.39 is 5.97 Å². The molecule has 0 bridgehead atoms. The van der Waals surface area contributed by atoms with Gasteiger partial charge in [0.05, 0.1) is 18.6 Å². The Kier molecular flexibility index (Phi) is 6.32. The third-order valence-corrected chi connectivity index (χ3v) is 6.79. The SMILES string of the molecule is CC(C(=O)N1CCCC1c1cccs1)N1CCC(N(C)CC(=O)O)CC1. The van der Waals surface area contributed by atoms with Crippen LogP contribution in [0.3, 0.4) is 0 Å². The number of piperidine rings is 1. The summed E-state index contributed by atoms with van der Waals surface area (Å²) >= 11 is 1.74. The number of carboxylic acids is 1. The Bertz CT molecular complexity index is 614. The van der Waals surface area contributed by atoms with Crippen molar-refractivity contribution < 1.29 is 14.7 Å². The van der Waals surface area contributed by atoms with Crippen LogP contribution < -0.4 is 0 Å². The van der Waals surface area contributed by atoms with Crippen molar-refractivity contribution in [3.63, 3.8) is 0 Å². The number of likely N-dealkylation sites (tertiary alicyclic amines) is 2. The number of hydrogen-bond donors (Lipinski definition) is 1. The van der Waals surface area contributed by atoms with Crippen LogP contribution in [0.1, 0.15) is 43.5 Å². The Morgan fingerprint density at radius 1 is 1.31 bits per heavy atom. The van der Waals surface area contributed by atoms with Gasteiger partial charge in [-0.05, 0) is 51.1 Å². The zero-order valence-corrected chi connectivity index (χ0v) is 16.5. The van der Waals surface area contributed by atoms with Crippen LogP contribution in [0.4, 0.5) is 0 Å². The summed E-state index contributed by atoms with van der Waals surface area (Å²) < 4.78 is 0. The summed E-state index contributed by atoms with van der Waals surface area (Å²) in [6.07, 6.45) is 3.95. The Labute approximate surface area is 159 Å². The topological polar surface area (TPSA) is 64.1 Å². The number of rotatable bonds is 6. The fourth-order valence-corrected chi connectivity index (χ4v) is 5.13. The van der Waals surface area contributed by atoms with E-state index in [0.29, 0.717) is 0 Å². The first-order chi connectivity index (χ1) is 12.5. The average molecular weight is 380 g/mol. The molecule has 1 N–H and O–H groups in total. The third-order valence-electron chi connectivity index (χ3n) is 5.82. The van der Waals surface area contributed by atoms with Gasteiger partial charge in [-0.15, -0.1) is 11.3 Å². The lowest BCUT2D eigenvalue weighted by atomic mass is 10.0. The van der Waals surface area contributed by atoms with E-state index in [9.17, 15) is 9.59 Å². The quantitative estimate of drug-likeness (QED) is 0.822. The van der Waals surface area contributed by atoms with Crippen LogP contribution >= 0.6 is 11.3 Å². The van der Waals surface area contributed by atoms with Gasteiger partial charge in [0.15, 0.2) is 0 Å². The number of aliphatic carboxylic acids is 1. The minimum Gasteiger partial charge on any atom is -0.480 e. The van der Waals surface area contributed by atoms with Gasteiger partial charge in [-0.1, -0.05) is 6.07 Å². The van der Waals surface area contributed by atoms with E-state index >= 15 is 0 Å². The molecule has 2 aliphatic heterocycles. The largest absolute Gasteiger partial charge is 0.480 e. The van der Waals surface area contributed by atoms with E-state index in [4.69, 9.17) is 5.11 Å². The summed E-state index contributed by atoms with van der Waals surface area (Å²) in [5, 5.41) is 11.0. The zero-order valence-electron chi connectivity index (χ0n) is 15.6. The molecule has 2 unspecified atom stereocenters. The zero-order chi connectivity index (χ0) is 18.7. The molecule has 0 saturated carbocycles. The number of hydrogen-bond acceptors (Lipinski definition) is 5. The molecule has 1 amide bonds. The summed E-state index contributed by atoms with van der Waals surface area (Å²) in [7, 11) is 1.87. The highest BCUT2D eigenvalue weighted by atomic mass is 32.1. The van der Waals surface area contributed by atoms with Gasteiger partial charge in [-0.2, -0.15) is 0 Å². The summed E-state index contributed by atoms with van der Waals surface area (Å²) in [5.74, 6) is -0.551. The number of amides is 1. The number of likely N-dealkylation sites (N-methyl/N-ethyl adjacent to an activating group) is 1. The molecule has 3 heterocycles. The molecule has 7 heteroatoms. The van der Waals surface area contributed by atoms with Gasteiger partial charge in [-0.3, -0.25) is 19.4 Å². The van der Waals surface area contributed by atoms with Crippen molar-refractivity contribution in [2.45, 2.75) is 50.7 Å². The fraction of sp³-hybridized carbons (Fsp3) is 0.684. The maximum absolute atomic E-state index is 13.1. The lowest BCUT2D eigenvalue weighted by Gasteiger charge is -2.40. The molecule has 2 fully saturated rings. The van der Waals surface area contributed by atoms with Crippen LogP contribution in [0.15, 0.2) is 17.5 Å². The third kappa shape index (κ3) is 4.27. The highest BCUT2D eigenvalue weighted by Crippen LogP contribution is 2.35. The molecule has 1 aromatic rings. The molecular weight excluding hydrogens is 350 g/mol. The van der Waals surface area contributed by atoms with Crippen LogP contribution in [0.25, 0.3) is 0 Å². The molecule has 2 aliphatic rings. The normalized spacial score (nSPS) is 23.5. The van der Waals surface area contributed by atoms with E-state index in [2.05, 4.69) is 27.3 Å². The average Bonchev–Trinajstić information content (AvgIpc) is 3.31. The second-order valence-corrected chi connectivity index (χ2v) is 8.44. The van der Waals surface area contributed by atoms with E-state index in [1.807, 2.05) is 18.9 Å².